The van der Waals surface area contributed by atoms with E-state index in [9.17, 15) is 9.18 Å². The van der Waals surface area contributed by atoms with Crippen LogP contribution in [-0.4, -0.2) is 29.2 Å². The molecule has 1 N–H and O–H groups in total. The normalized spacial score (nSPS) is 16.2. The first-order chi connectivity index (χ1) is 15.0. The first-order valence-corrected chi connectivity index (χ1v) is 11.2. The van der Waals surface area contributed by atoms with Crippen molar-refractivity contribution in [3.63, 3.8) is 0 Å². The van der Waals surface area contributed by atoms with Crippen molar-refractivity contribution in [1.29, 1.82) is 0 Å². The van der Waals surface area contributed by atoms with Gasteiger partial charge in [0.2, 0.25) is 5.91 Å². The van der Waals surface area contributed by atoms with Crippen molar-refractivity contribution in [3.05, 3.63) is 71.5 Å². The van der Waals surface area contributed by atoms with E-state index in [0.717, 1.165) is 35.1 Å². The van der Waals surface area contributed by atoms with Crippen LogP contribution >= 0.6 is 11.8 Å². The van der Waals surface area contributed by atoms with Crippen molar-refractivity contribution in [2.75, 3.05) is 23.3 Å². The van der Waals surface area contributed by atoms with Crippen LogP contribution in [0.2, 0.25) is 0 Å². The Labute approximate surface area is 186 Å². The third-order valence-corrected chi connectivity index (χ3v) is 6.37. The fourth-order valence-electron chi connectivity index (χ4n) is 3.66. The van der Waals surface area contributed by atoms with E-state index in [2.05, 4.69) is 51.6 Å². The Bertz CT molecular complexity index is 1060. The van der Waals surface area contributed by atoms with Crippen LogP contribution in [0.1, 0.15) is 24.0 Å². The molecule has 5 nitrogen and oxygen atoms in total. The van der Waals surface area contributed by atoms with Gasteiger partial charge >= 0.3 is 0 Å². The largest absolute Gasteiger partial charge is 0.354 e. The standard InChI is InChI=1S/C24H25FN4OS/c1-16-5-8-20(9-6-16)31-23-12-11-22(27-28-23)29-13-3-4-18(15-29)24(30)26-21-10-7-19(25)14-17(21)2/h5-12,14,18H,3-4,13,15H2,1-2H3,(H,26,30)/t18-/m1/s1. The smallest absolute Gasteiger partial charge is 0.229 e. The molecule has 0 bridgehead atoms. The van der Waals surface area contributed by atoms with E-state index in [1.165, 1.54) is 17.7 Å². The van der Waals surface area contributed by atoms with Gasteiger partial charge in [0, 0.05) is 23.7 Å². The summed E-state index contributed by atoms with van der Waals surface area (Å²) in [7, 11) is 0. The summed E-state index contributed by atoms with van der Waals surface area (Å²) >= 11 is 1.58. The molecule has 1 aliphatic rings. The van der Waals surface area contributed by atoms with E-state index in [1.807, 2.05) is 12.1 Å². The first kappa shape index (κ1) is 21.3. The number of carbonyl (C=O) groups excluding carboxylic acids is 1. The highest BCUT2D eigenvalue weighted by Gasteiger charge is 2.27. The lowest BCUT2D eigenvalue weighted by atomic mass is 9.97. The summed E-state index contributed by atoms with van der Waals surface area (Å²) in [5.41, 5.74) is 2.60. The number of hydrogen-bond acceptors (Lipinski definition) is 5. The number of hydrogen-bond donors (Lipinski definition) is 1. The molecule has 2 heterocycles. The van der Waals surface area contributed by atoms with Crippen LogP contribution in [-0.2, 0) is 4.79 Å². The van der Waals surface area contributed by atoms with Crippen LogP contribution in [0.3, 0.4) is 0 Å². The molecule has 0 radical (unpaired) electrons. The van der Waals surface area contributed by atoms with Gasteiger partial charge in [0.1, 0.15) is 10.8 Å². The topological polar surface area (TPSA) is 58.1 Å². The molecule has 7 heteroatoms. The highest BCUT2D eigenvalue weighted by molar-refractivity contribution is 7.99. The van der Waals surface area contributed by atoms with E-state index in [0.29, 0.717) is 17.8 Å². The Kier molecular flexibility index (Phi) is 6.51. The third-order valence-electron chi connectivity index (χ3n) is 5.43. The van der Waals surface area contributed by atoms with Crippen LogP contribution in [0.4, 0.5) is 15.9 Å². The van der Waals surface area contributed by atoms with E-state index in [4.69, 9.17) is 0 Å². The molecule has 0 spiro atoms. The third kappa shape index (κ3) is 5.41. The average molecular weight is 437 g/mol. The van der Waals surface area contributed by atoms with E-state index in [1.54, 1.807) is 24.8 Å². The minimum atomic E-state index is -0.304. The SMILES string of the molecule is Cc1ccc(Sc2ccc(N3CCC[C@@H](C(=O)Nc4ccc(F)cc4C)C3)nn2)cc1. The number of nitrogens with one attached hydrogen (secondary N) is 1. The lowest BCUT2D eigenvalue weighted by molar-refractivity contribution is -0.120. The van der Waals surface area contributed by atoms with Crippen LogP contribution < -0.4 is 10.2 Å². The van der Waals surface area contributed by atoms with E-state index >= 15 is 0 Å². The molecule has 160 valence electrons. The monoisotopic (exact) mass is 436 g/mol. The molecule has 1 aromatic heterocycles. The quantitative estimate of drug-likeness (QED) is 0.593. The zero-order valence-electron chi connectivity index (χ0n) is 17.6. The summed E-state index contributed by atoms with van der Waals surface area (Å²) < 4.78 is 13.3. The molecular formula is C24H25FN4OS. The summed E-state index contributed by atoms with van der Waals surface area (Å²) in [6.07, 6.45) is 1.72. The lowest BCUT2D eigenvalue weighted by Crippen LogP contribution is -2.41. The Balaban J connectivity index is 1.38. The highest BCUT2D eigenvalue weighted by atomic mass is 32.2. The predicted octanol–water partition coefficient (Wildman–Crippen LogP) is 5.24. The van der Waals surface area contributed by atoms with Gasteiger partial charge in [-0.25, -0.2) is 4.39 Å². The Morgan fingerprint density at radius 3 is 2.61 bits per heavy atom. The van der Waals surface area contributed by atoms with Gasteiger partial charge in [-0.15, -0.1) is 10.2 Å². The Hall–Kier alpha value is -2.93. The summed E-state index contributed by atoms with van der Waals surface area (Å²) in [5, 5.41) is 12.6. The maximum Gasteiger partial charge on any atom is 0.229 e. The van der Waals surface area contributed by atoms with Crippen molar-refractivity contribution >= 4 is 29.2 Å². The van der Waals surface area contributed by atoms with Crippen LogP contribution in [0.5, 0.6) is 0 Å². The van der Waals surface area contributed by atoms with Crippen LogP contribution in [0.25, 0.3) is 0 Å². The Morgan fingerprint density at radius 2 is 1.90 bits per heavy atom. The van der Waals surface area contributed by atoms with Crippen molar-refractivity contribution < 1.29 is 9.18 Å². The molecule has 4 rings (SSSR count). The second-order valence-corrected chi connectivity index (χ2v) is 8.97. The van der Waals surface area contributed by atoms with E-state index < -0.39 is 0 Å². The van der Waals surface area contributed by atoms with Crippen molar-refractivity contribution in [2.24, 2.45) is 5.92 Å². The zero-order chi connectivity index (χ0) is 21.8. The van der Waals surface area contributed by atoms with Crippen LogP contribution in [0, 0.1) is 25.6 Å². The lowest BCUT2D eigenvalue weighted by Gasteiger charge is -2.32. The molecule has 1 saturated heterocycles. The number of amides is 1. The molecule has 0 saturated carbocycles. The summed E-state index contributed by atoms with van der Waals surface area (Å²) in [6, 6.07) is 16.6. The number of aromatic nitrogens is 2. The summed E-state index contributed by atoms with van der Waals surface area (Å²) in [4.78, 5) is 16.0. The van der Waals surface area contributed by atoms with Crippen LogP contribution in [0.15, 0.2) is 64.5 Å². The van der Waals surface area contributed by atoms with Gasteiger partial charge in [-0.3, -0.25) is 4.79 Å². The fourth-order valence-corrected chi connectivity index (χ4v) is 4.40. The number of anilines is 2. The fraction of sp³-hybridized carbons (Fsp3) is 0.292. The van der Waals surface area contributed by atoms with Gasteiger partial charge in [0.25, 0.3) is 0 Å². The molecule has 1 atom stereocenters. The molecule has 1 aliphatic heterocycles. The van der Waals surface area contributed by atoms with Crippen molar-refractivity contribution in [2.45, 2.75) is 36.6 Å². The van der Waals surface area contributed by atoms with Gasteiger partial charge < -0.3 is 10.2 Å². The molecule has 31 heavy (non-hydrogen) atoms. The maximum atomic E-state index is 13.3. The minimum absolute atomic E-state index is 0.0427. The molecule has 1 fully saturated rings. The first-order valence-electron chi connectivity index (χ1n) is 10.4. The molecule has 0 aliphatic carbocycles. The highest BCUT2D eigenvalue weighted by Crippen LogP contribution is 2.28. The predicted molar refractivity (Wildman–Crippen MR) is 122 cm³/mol. The van der Waals surface area contributed by atoms with Crippen molar-refractivity contribution in [1.82, 2.24) is 10.2 Å². The number of aryl methyl sites for hydroxylation is 2. The molecule has 1 amide bonds. The van der Waals surface area contributed by atoms with Gasteiger partial charge in [0.15, 0.2) is 5.82 Å². The van der Waals surface area contributed by atoms with Crippen molar-refractivity contribution in [3.8, 4) is 0 Å². The zero-order valence-corrected chi connectivity index (χ0v) is 18.5. The number of nitrogens with zero attached hydrogens (tertiary/aromatic N) is 3. The van der Waals surface area contributed by atoms with Gasteiger partial charge in [-0.2, -0.15) is 0 Å². The van der Waals surface area contributed by atoms with Gasteiger partial charge in [-0.1, -0.05) is 29.5 Å². The number of halogens is 1. The number of carbonyl (C=O) groups is 1. The molecule has 2 aromatic carbocycles. The summed E-state index contributed by atoms with van der Waals surface area (Å²) in [5.74, 6) is 0.283. The van der Waals surface area contributed by atoms with Gasteiger partial charge in [-0.05, 0) is 74.7 Å². The molecular weight excluding hydrogens is 411 g/mol. The second-order valence-electron chi connectivity index (χ2n) is 7.88. The Morgan fingerprint density at radius 1 is 1.10 bits per heavy atom. The minimum Gasteiger partial charge on any atom is -0.354 e. The number of benzene rings is 2. The second kappa shape index (κ2) is 9.47. The number of piperidine rings is 1. The summed E-state index contributed by atoms with van der Waals surface area (Å²) in [6.45, 7) is 5.29. The maximum absolute atomic E-state index is 13.3. The average Bonchev–Trinajstić information content (AvgIpc) is 2.78. The molecule has 0 unspecified atom stereocenters. The van der Waals surface area contributed by atoms with Gasteiger partial charge in [0.05, 0.1) is 5.92 Å². The number of rotatable bonds is 5. The molecule has 3 aromatic rings. The van der Waals surface area contributed by atoms with E-state index in [-0.39, 0.29) is 17.6 Å².